The van der Waals surface area contributed by atoms with E-state index in [1.807, 2.05) is 0 Å². The zero-order valence-electron chi connectivity index (χ0n) is 20.5. The molecule has 1 unspecified atom stereocenters. The largest absolute Gasteiger partial charge is 0.416 e. The van der Waals surface area contributed by atoms with E-state index in [-0.39, 0.29) is 37.5 Å². The summed E-state index contributed by atoms with van der Waals surface area (Å²) in [6.07, 6.45) is -3.94. The van der Waals surface area contributed by atoms with Gasteiger partial charge in [0, 0.05) is 36.1 Å². The third-order valence-corrected chi connectivity index (χ3v) is 7.27. The van der Waals surface area contributed by atoms with Gasteiger partial charge in [-0.1, -0.05) is 35.3 Å². The lowest BCUT2D eigenvalue weighted by molar-refractivity contribution is -0.140. The molecule has 0 heterocycles. The number of halogens is 5. The number of benzene rings is 2. The number of alkyl halides is 3. The molecule has 0 radical (unpaired) electrons. The maximum absolute atomic E-state index is 13.2. The molecule has 2 aromatic carbocycles. The van der Waals surface area contributed by atoms with E-state index in [1.54, 1.807) is 26.0 Å². The first kappa shape index (κ1) is 30.7. The van der Waals surface area contributed by atoms with E-state index in [2.05, 4.69) is 5.32 Å². The van der Waals surface area contributed by atoms with Crippen LogP contribution < -0.4 is 9.62 Å². The fourth-order valence-corrected chi connectivity index (χ4v) is 5.00. The van der Waals surface area contributed by atoms with E-state index < -0.39 is 33.7 Å². The standard InChI is InChI=1S/C24H28Cl2F3N3O4S/c1-4-30-23(34)16(2)31(15-17-10-11-19(25)14-21(17)26)22(33)9-6-12-32(37(3,35)36)20-8-5-7-18(13-20)24(27,28)29/h5,7-8,10-11,13-14,16H,4,6,9,12,15H2,1-3H3,(H,30,34). The van der Waals surface area contributed by atoms with Crippen molar-refractivity contribution >= 4 is 50.7 Å². The summed E-state index contributed by atoms with van der Waals surface area (Å²) in [6.45, 7) is 3.40. The second-order valence-corrected chi connectivity index (χ2v) is 11.1. The van der Waals surface area contributed by atoms with Gasteiger partial charge in [-0.2, -0.15) is 13.2 Å². The quantitative estimate of drug-likeness (QED) is 0.399. The Bertz CT molecular complexity index is 1230. The number of nitrogens with zero attached hydrogens (tertiary/aromatic N) is 2. The lowest BCUT2D eigenvalue weighted by Gasteiger charge is -2.29. The predicted molar refractivity (Wildman–Crippen MR) is 138 cm³/mol. The number of anilines is 1. The van der Waals surface area contributed by atoms with Crippen LogP contribution in [-0.2, 0) is 32.3 Å². The van der Waals surface area contributed by atoms with E-state index >= 15 is 0 Å². The summed E-state index contributed by atoms with van der Waals surface area (Å²) in [5, 5.41) is 3.37. The number of hydrogen-bond donors (Lipinski definition) is 1. The van der Waals surface area contributed by atoms with Crippen LogP contribution in [0, 0.1) is 0 Å². The third kappa shape index (κ3) is 8.79. The Morgan fingerprint density at radius 2 is 1.78 bits per heavy atom. The lowest BCUT2D eigenvalue weighted by Crippen LogP contribution is -2.47. The molecule has 13 heteroatoms. The number of nitrogens with one attached hydrogen (secondary N) is 1. The van der Waals surface area contributed by atoms with Gasteiger partial charge in [-0.3, -0.25) is 13.9 Å². The number of amides is 2. The average Bonchev–Trinajstić information content (AvgIpc) is 2.79. The molecule has 204 valence electrons. The Balaban J connectivity index is 2.23. The fourth-order valence-electron chi connectivity index (χ4n) is 3.58. The van der Waals surface area contributed by atoms with Crippen molar-refractivity contribution in [2.24, 2.45) is 0 Å². The SMILES string of the molecule is CCNC(=O)C(C)N(Cc1ccc(Cl)cc1Cl)C(=O)CCCN(c1cccc(C(F)(F)F)c1)S(C)(=O)=O. The van der Waals surface area contributed by atoms with Crippen molar-refractivity contribution in [3.63, 3.8) is 0 Å². The number of rotatable bonds is 11. The molecule has 37 heavy (non-hydrogen) atoms. The highest BCUT2D eigenvalue weighted by molar-refractivity contribution is 7.92. The predicted octanol–water partition coefficient (Wildman–Crippen LogP) is 5.11. The van der Waals surface area contributed by atoms with Gasteiger partial charge in [0.15, 0.2) is 0 Å². The average molecular weight is 582 g/mol. The van der Waals surface area contributed by atoms with Crippen LogP contribution >= 0.6 is 23.2 Å². The molecule has 1 N–H and O–H groups in total. The molecular formula is C24H28Cl2F3N3O4S. The first-order valence-electron chi connectivity index (χ1n) is 11.3. The number of sulfonamides is 1. The maximum atomic E-state index is 13.2. The molecule has 0 spiro atoms. The van der Waals surface area contributed by atoms with Crippen molar-refractivity contribution in [2.75, 3.05) is 23.7 Å². The Morgan fingerprint density at radius 1 is 1.11 bits per heavy atom. The molecule has 2 rings (SSSR count). The first-order valence-corrected chi connectivity index (χ1v) is 13.9. The fraction of sp³-hybridized carbons (Fsp3) is 0.417. The molecule has 0 aromatic heterocycles. The Labute approximate surface area is 224 Å². The topological polar surface area (TPSA) is 86.8 Å². The van der Waals surface area contributed by atoms with Gasteiger partial charge in [-0.25, -0.2) is 8.42 Å². The summed E-state index contributed by atoms with van der Waals surface area (Å²) in [7, 11) is -3.95. The molecule has 0 saturated heterocycles. The van der Waals surface area contributed by atoms with Gasteiger partial charge in [0.05, 0.1) is 17.5 Å². The summed E-state index contributed by atoms with van der Waals surface area (Å²) >= 11 is 12.2. The zero-order chi connectivity index (χ0) is 28.0. The Kier molecular flexibility index (Phi) is 10.7. The molecule has 1 atom stereocenters. The normalized spacial score (nSPS) is 12.6. The Hall–Kier alpha value is -2.50. The van der Waals surface area contributed by atoms with Crippen LogP contribution in [0.5, 0.6) is 0 Å². The molecule has 2 aromatic rings. The first-order chi connectivity index (χ1) is 17.1. The minimum atomic E-state index is -4.65. The Morgan fingerprint density at radius 3 is 2.35 bits per heavy atom. The molecule has 7 nitrogen and oxygen atoms in total. The van der Waals surface area contributed by atoms with Crippen LogP contribution in [0.15, 0.2) is 42.5 Å². The van der Waals surface area contributed by atoms with Crippen molar-refractivity contribution < 1.29 is 31.2 Å². The molecule has 0 saturated carbocycles. The highest BCUT2D eigenvalue weighted by atomic mass is 35.5. The molecule has 0 bridgehead atoms. The van der Waals surface area contributed by atoms with E-state index in [1.165, 1.54) is 17.0 Å². The van der Waals surface area contributed by atoms with Gasteiger partial charge in [0.2, 0.25) is 21.8 Å². The number of hydrogen-bond acceptors (Lipinski definition) is 4. The van der Waals surface area contributed by atoms with Crippen molar-refractivity contribution in [1.29, 1.82) is 0 Å². The highest BCUT2D eigenvalue weighted by Gasteiger charge is 2.32. The van der Waals surface area contributed by atoms with Crippen LogP contribution in [-0.4, -0.2) is 50.5 Å². The van der Waals surface area contributed by atoms with Crippen LogP contribution in [0.25, 0.3) is 0 Å². The number of carbonyl (C=O) groups excluding carboxylic acids is 2. The number of carbonyl (C=O) groups is 2. The minimum absolute atomic E-state index is 0.00342. The molecule has 0 fully saturated rings. The van der Waals surface area contributed by atoms with Crippen LogP contribution in [0.2, 0.25) is 10.0 Å². The summed E-state index contributed by atoms with van der Waals surface area (Å²) < 4.78 is 64.9. The zero-order valence-corrected chi connectivity index (χ0v) is 22.8. The monoisotopic (exact) mass is 581 g/mol. The van der Waals surface area contributed by atoms with Crippen LogP contribution in [0.4, 0.5) is 18.9 Å². The van der Waals surface area contributed by atoms with Crippen molar-refractivity contribution in [3.05, 3.63) is 63.6 Å². The van der Waals surface area contributed by atoms with Crippen molar-refractivity contribution in [1.82, 2.24) is 10.2 Å². The second kappa shape index (κ2) is 12.8. The molecule has 0 aliphatic rings. The summed E-state index contributed by atoms with van der Waals surface area (Å²) in [5.41, 5.74) is -0.598. The van der Waals surface area contributed by atoms with Gasteiger partial charge >= 0.3 is 6.18 Å². The molecular weight excluding hydrogens is 554 g/mol. The van der Waals surface area contributed by atoms with Gasteiger partial charge < -0.3 is 10.2 Å². The van der Waals surface area contributed by atoms with E-state index in [4.69, 9.17) is 23.2 Å². The van der Waals surface area contributed by atoms with Crippen molar-refractivity contribution in [2.45, 2.75) is 45.5 Å². The summed E-state index contributed by atoms with van der Waals surface area (Å²) in [4.78, 5) is 27.0. The summed E-state index contributed by atoms with van der Waals surface area (Å²) in [6, 6.07) is 7.84. The van der Waals surface area contributed by atoms with Gasteiger partial charge in [-0.15, -0.1) is 0 Å². The second-order valence-electron chi connectivity index (χ2n) is 8.31. The van der Waals surface area contributed by atoms with Gasteiger partial charge in [-0.05, 0) is 56.2 Å². The molecule has 0 aliphatic carbocycles. The molecule has 0 aliphatic heterocycles. The van der Waals surface area contributed by atoms with Crippen LogP contribution in [0.3, 0.4) is 0 Å². The third-order valence-electron chi connectivity index (χ3n) is 5.49. The van der Waals surface area contributed by atoms with Crippen LogP contribution in [0.1, 0.15) is 37.8 Å². The van der Waals surface area contributed by atoms with Gasteiger partial charge in [0.25, 0.3) is 0 Å². The molecule has 2 amide bonds. The minimum Gasteiger partial charge on any atom is -0.355 e. The van der Waals surface area contributed by atoms with E-state index in [0.29, 0.717) is 22.2 Å². The highest BCUT2D eigenvalue weighted by Crippen LogP contribution is 2.32. The smallest absolute Gasteiger partial charge is 0.355 e. The van der Waals surface area contributed by atoms with E-state index in [0.717, 1.165) is 28.8 Å². The lowest BCUT2D eigenvalue weighted by atomic mass is 10.1. The maximum Gasteiger partial charge on any atom is 0.416 e. The van der Waals surface area contributed by atoms with E-state index in [9.17, 15) is 31.2 Å². The summed E-state index contributed by atoms with van der Waals surface area (Å²) in [5.74, 6) is -0.843. The number of likely N-dealkylation sites (N-methyl/N-ethyl adjacent to an activating group) is 1. The van der Waals surface area contributed by atoms with Gasteiger partial charge in [0.1, 0.15) is 6.04 Å². The van der Waals surface area contributed by atoms with Crippen molar-refractivity contribution in [3.8, 4) is 0 Å².